The van der Waals surface area contributed by atoms with Crippen molar-refractivity contribution in [3.63, 3.8) is 0 Å². The number of aromatic nitrogens is 2. The first-order chi connectivity index (χ1) is 14.2. The Morgan fingerprint density at radius 1 is 1.14 bits per heavy atom. The van der Waals surface area contributed by atoms with E-state index in [0.29, 0.717) is 17.7 Å². The van der Waals surface area contributed by atoms with Crippen LogP contribution in [0.1, 0.15) is 43.2 Å². The Kier molecular flexibility index (Phi) is 5.04. The maximum Gasteiger partial charge on any atom is 0.335 e. The average molecular weight is 413 g/mol. The summed E-state index contributed by atoms with van der Waals surface area (Å²) in [5.41, 5.74) is 5.40. The van der Waals surface area contributed by atoms with Crippen LogP contribution in [0.2, 0.25) is 5.28 Å². The highest BCUT2D eigenvalue weighted by atomic mass is 35.5. The van der Waals surface area contributed by atoms with Crippen LogP contribution in [0.4, 0.5) is 11.6 Å². The van der Waals surface area contributed by atoms with Gasteiger partial charge in [-0.05, 0) is 60.2 Å². The monoisotopic (exact) mass is 412 g/mol. The molecule has 1 aromatic carbocycles. The lowest BCUT2D eigenvalue weighted by atomic mass is 9.65. The first-order valence-corrected chi connectivity index (χ1v) is 10.9. The van der Waals surface area contributed by atoms with Crippen LogP contribution < -0.4 is 10.4 Å². The van der Waals surface area contributed by atoms with Gasteiger partial charge in [-0.25, -0.2) is 15.3 Å². The van der Waals surface area contributed by atoms with E-state index in [-0.39, 0.29) is 17.2 Å². The SMILES string of the molecule is O=C(ONc1cc(N2CCc3ccccc3C2)nc(Cl)n1)C1CC2CCC1CC2. The summed E-state index contributed by atoms with van der Waals surface area (Å²) < 4.78 is 0. The molecule has 3 saturated carbocycles. The Balaban J connectivity index is 1.26. The molecule has 0 spiro atoms. The molecule has 6 nitrogen and oxygen atoms in total. The standard InChI is InChI=1S/C22H25ClN4O2/c23-22-24-19(26-29-21(28)18-11-14-5-7-16(18)8-6-14)12-20(25-22)27-10-9-15-3-1-2-4-17(15)13-27/h1-4,12,14,16,18H,5-11,13H2,(H,24,25,26). The number of nitrogens with one attached hydrogen (secondary N) is 1. The van der Waals surface area contributed by atoms with Crippen molar-refractivity contribution in [3.05, 3.63) is 46.7 Å². The van der Waals surface area contributed by atoms with Crippen LogP contribution in [0, 0.1) is 17.8 Å². The Labute approximate surface area is 175 Å². The van der Waals surface area contributed by atoms with Gasteiger partial charge in [0.1, 0.15) is 5.82 Å². The molecule has 0 saturated heterocycles. The van der Waals surface area contributed by atoms with E-state index in [9.17, 15) is 4.79 Å². The molecule has 0 amide bonds. The lowest BCUT2D eigenvalue weighted by Crippen LogP contribution is -2.37. The normalized spacial score (nSPS) is 25.4. The molecule has 3 aliphatic carbocycles. The van der Waals surface area contributed by atoms with Crippen LogP contribution in [-0.4, -0.2) is 22.5 Å². The molecule has 1 aliphatic heterocycles. The van der Waals surface area contributed by atoms with Gasteiger partial charge in [0.25, 0.3) is 0 Å². The van der Waals surface area contributed by atoms with Gasteiger partial charge >= 0.3 is 5.97 Å². The minimum atomic E-state index is -0.178. The van der Waals surface area contributed by atoms with Crippen LogP contribution in [-0.2, 0) is 22.6 Å². The van der Waals surface area contributed by atoms with Gasteiger partial charge in [-0.2, -0.15) is 4.98 Å². The number of benzene rings is 1. The van der Waals surface area contributed by atoms with E-state index in [1.165, 1.54) is 24.0 Å². The molecule has 3 fully saturated rings. The summed E-state index contributed by atoms with van der Waals surface area (Å²) in [6.45, 7) is 1.63. The molecule has 1 aromatic heterocycles. The van der Waals surface area contributed by atoms with E-state index in [4.69, 9.17) is 16.4 Å². The lowest BCUT2D eigenvalue weighted by Gasteiger charge is -2.40. The van der Waals surface area contributed by atoms with Crippen LogP contribution >= 0.6 is 11.6 Å². The van der Waals surface area contributed by atoms with Gasteiger partial charge < -0.3 is 9.74 Å². The number of anilines is 2. The summed E-state index contributed by atoms with van der Waals surface area (Å²) in [6, 6.07) is 10.2. The zero-order valence-electron chi connectivity index (χ0n) is 16.3. The van der Waals surface area contributed by atoms with Gasteiger partial charge in [0, 0.05) is 19.2 Å². The largest absolute Gasteiger partial charge is 0.352 e. The fraction of sp³-hybridized carbons (Fsp3) is 0.500. The first-order valence-electron chi connectivity index (χ1n) is 10.5. The van der Waals surface area contributed by atoms with Gasteiger partial charge in [0.05, 0.1) is 5.92 Å². The maximum absolute atomic E-state index is 12.6. The first kappa shape index (κ1) is 18.7. The van der Waals surface area contributed by atoms with E-state index in [1.54, 1.807) is 6.07 Å². The molecule has 6 rings (SSSR count). The summed E-state index contributed by atoms with van der Waals surface area (Å²) >= 11 is 6.16. The predicted molar refractivity (Wildman–Crippen MR) is 112 cm³/mol. The Morgan fingerprint density at radius 3 is 2.69 bits per heavy atom. The highest BCUT2D eigenvalue weighted by Crippen LogP contribution is 2.45. The Bertz CT molecular complexity index is 913. The summed E-state index contributed by atoms with van der Waals surface area (Å²) in [4.78, 5) is 28.7. The number of hydrogen-bond donors (Lipinski definition) is 1. The van der Waals surface area contributed by atoms with Gasteiger partial charge in [0.15, 0.2) is 5.82 Å². The molecule has 4 aliphatic rings. The van der Waals surface area contributed by atoms with Gasteiger partial charge in [0.2, 0.25) is 5.28 Å². The highest BCUT2D eigenvalue weighted by molar-refractivity contribution is 6.28. The topological polar surface area (TPSA) is 67.3 Å². The van der Waals surface area contributed by atoms with E-state index in [0.717, 1.165) is 44.6 Å². The van der Waals surface area contributed by atoms with Crippen molar-refractivity contribution >= 4 is 29.2 Å². The number of hydrogen-bond acceptors (Lipinski definition) is 6. The predicted octanol–water partition coefficient (Wildman–Crippen LogP) is 4.39. The third-order valence-corrected chi connectivity index (χ3v) is 6.92. The van der Waals surface area contributed by atoms with E-state index in [2.05, 4.69) is 44.6 Å². The van der Waals surface area contributed by atoms with Crippen LogP contribution in [0.25, 0.3) is 0 Å². The second-order valence-corrected chi connectivity index (χ2v) is 8.80. The number of carbonyl (C=O) groups is 1. The molecule has 1 unspecified atom stereocenters. The number of fused-ring (bicyclic) bond motifs is 4. The summed E-state index contributed by atoms with van der Waals surface area (Å²) in [5.74, 6) is 2.11. The quantitative estimate of drug-likeness (QED) is 0.593. The minimum absolute atomic E-state index is 0.00498. The van der Waals surface area contributed by atoms with Crippen LogP contribution in [0.5, 0.6) is 0 Å². The van der Waals surface area contributed by atoms with E-state index < -0.39 is 0 Å². The summed E-state index contributed by atoms with van der Waals surface area (Å²) in [5, 5.41) is 0.136. The minimum Gasteiger partial charge on any atom is -0.352 e. The molecule has 1 atom stereocenters. The molecule has 2 aromatic rings. The van der Waals surface area contributed by atoms with Crippen molar-refractivity contribution in [1.29, 1.82) is 0 Å². The fourth-order valence-corrected chi connectivity index (χ4v) is 5.33. The fourth-order valence-electron chi connectivity index (χ4n) is 5.16. The molecule has 2 bridgehead atoms. The molecule has 0 radical (unpaired) electrons. The van der Waals surface area contributed by atoms with Crippen molar-refractivity contribution < 1.29 is 9.63 Å². The van der Waals surface area contributed by atoms with Crippen molar-refractivity contribution in [2.75, 3.05) is 16.9 Å². The number of carbonyl (C=O) groups excluding carboxylic acids is 1. The second kappa shape index (κ2) is 7.82. The molecule has 152 valence electrons. The van der Waals surface area contributed by atoms with Crippen molar-refractivity contribution in [2.24, 2.45) is 17.8 Å². The average Bonchev–Trinajstić information content (AvgIpc) is 2.77. The lowest BCUT2D eigenvalue weighted by molar-refractivity contribution is -0.151. The Hall–Kier alpha value is -2.34. The van der Waals surface area contributed by atoms with Gasteiger partial charge in [-0.3, -0.25) is 0 Å². The summed E-state index contributed by atoms with van der Waals surface area (Å²) in [6.07, 6.45) is 6.71. The third-order valence-electron chi connectivity index (χ3n) is 6.75. The molecule has 7 heteroatoms. The third kappa shape index (κ3) is 3.90. The molecule has 2 heterocycles. The Morgan fingerprint density at radius 2 is 1.93 bits per heavy atom. The highest BCUT2D eigenvalue weighted by Gasteiger charge is 2.40. The van der Waals surface area contributed by atoms with E-state index in [1.807, 2.05) is 0 Å². The van der Waals surface area contributed by atoms with Crippen LogP contribution in [0.3, 0.4) is 0 Å². The van der Waals surface area contributed by atoms with Gasteiger partial charge in [-0.15, -0.1) is 0 Å². The number of rotatable bonds is 4. The molecule has 1 N–H and O–H groups in total. The van der Waals surface area contributed by atoms with E-state index >= 15 is 0 Å². The zero-order valence-corrected chi connectivity index (χ0v) is 17.1. The zero-order chi connectivity index (χ0) is 19.8. The molecular formula is C22H25ClN4O2. The second-order valence-electron chi connectivity index (χ2n) is 8.47. The molecular weight excluding hydrogens is 388 g/mol. The molecule has 29 heavy (non-hydrogen) atoms. The van der Waals surface area contributed by atoms with Gasteiger partial charge in [-0.1, -0.05) is 37.1 Å². The smallest absolute Gasteiger partial charge is 0.335 e. The number of nitrogens with zero attached hydrogens (tertiary/aromatic N) is 3. The maximum atomic E-state index is 12.6. The van der Waals surface area contributed by atoms with Crippen molar-refractivity contribution in [3.8, 4) is 0 Å². The number of halogens is 1. The van der Waals surface area contributed by atoms with Crippen molar-refractivity contribution in [1.82, 2.24) is 9.97 Å². The summed E-state index contributed by atoms with van der Waals surface area (Å²) in [7, 11) is 0. The van der Waals surface area contributed by atoms with Crippen molar-refractivity contribution in [2.45, 2.75) is 45.1 Å². The van der Waals surface area contributed by atoms with Crippen LogP contribution in [0.15, 0.2) is 30.3 Å².